The van der Waals surface area contributed by atoms with Crippen LogP contribution in [0.25, 0.3) is 0 Å². The van der Waals surface area contributed by atoms with Crippen LogP contribution >= 0.6 is 0 Å². The van der Waals surface area contributed by atoms with E-state index in [0.717, 1.165) is 12.1 Å². The lowest BCUT2D eigenvalue weighted by atomic mass is 10.0. The first-order chi connectivity index (χ1) is 8.36. The molecule has 0 heterocycles. The molecule has 0 aromatic heterocycles. The average molecular weight is 267 g/mol. The molecule has 0 bridgehead atoms. The van der Waals surface area contributed by atoms with Crippen LogP contribution in [0.4, 0.5) is 22.0 Å². The van der Waals surface area contributed by atoms with Gasteiger partial charge in [-0.05, 0) is 24.6 Å². The maximum Gasteiger partial charge on any atom is 0.407 e. The van der Waals surface area contributed by atoms with Gasteiger partial charge in [-0.2, -0.15) is 13.2 Å². The van der Waals surface area contributed by atoms with Gasteiger partial charge in [-0.1, -0.05) is 25.1 Å². The van der Waals surface area contributed by atoms with Crippen molar-refractivity contribution in [2.75, 3.05) is 6.54 Å². The van der Waals surface area contributed by atoms with Gasteiger partial charge in [-0.25, -0.2) is 8.78 Å². The van der Waals surface area contributed by atoms with Crippen LogP contribution in [0.15, 0.2) is 24.3 Å². The van der Waals surface area contributed by atoms with Gasteiger partial charge in [0.15, 0.2) is 0 Å². The van der Waals surface area contributed by atoms with Gasteiger partial charge in [0.2, 0.25) is 0 Å². The van der Waals surface area contributed by atoms with E-state index in [1.54, 1.807) is 6.92 Å². The van der Waals surface area contributed by atoms with Crippen LogP contribution in [0.1, 0.15) is 36.9 Å². The van der Waals surface area contributed by atoms with Crippen LogP contribution < -0.4 is 5.32 Å². The van der Waals surface area contributed by atoms with Gasteiger partial charge >= 0.3 is 6.18 Å². The van der Waals surface area contributed by atoms with Crippen LogP contribution in [-0.2, 0) is 0 Å². The molecule has 6 heteroatoms. The monoisotopic (exact) mass is 267 g/mol. The highest BCUT2D eigenvalue weighted by atomic mass is 19.4. The molecule has 0 aliphatic rings. The molecule has 0 aliphatic carbocycles. The first-order valence-electron chi connectivity index (χ1n) is 5.54. The van der Waals surface area contributed by atoms with Crippen molar-refractivity contribution >= 4 is 0 Å². The fourth-order valence-electron chi connectivity index (χ4n) is 1.59. The maximum absolute atomic E-state index is 12.8. The summed E-state index contributed by atoms with van der Waals surface area (Å²) in [6.07, 6.45) is -6.75. The number of hydrogen-bond donors (Lipinski definition) is 1. The smallest absolute Gasteiger partial charge is 0.302 e. The van der Waals surface area contributed by atoms with Crippen LogP contribution in [0.5, 0.6) is 0 Å². The Kier molecular flexibility index (Phi) is 5.07. The predicted molar refractivity (Wildman–Crippen MR) is 58.5 cm³/mol. The van der Waals surface area contributed by atoms with Crippen molar-refractivity contribution in [3.63, 3.8) is 0 Å². The second-order valence-electron chi connectivity index (χ2n) is 3.90. The van der Waals surface area contributed by atoms with Gasteiger partial charge in [-0.3, -0.25) is 0 Å². The molecule has 0 spiro atoms. The van der Waals surface area contributed by atoms with Gasteiger partial charge in [0, 0.05) is 5.56 Å². The zero-order valence-corrected chi connectivity index (χ0v) is 9.77. The number of halogens is 5. The molecule has 0 fully saturated rings. The molecule has 0 saturated heterocycles. The van der Waals surface area contributed by atoms with E-state index in [1.807, 2.05) is 0 Å². The summed E-state index contributed by atoms with van der Waals surface area (Å²) in [5.41, 5.74) is -0.589. The zero-order valence-electron chi connectivity index (χ0n) is 9.77. The number of alkyl halides is 5. The zero-order chi connectivity index (χ0) is 13.8. The molecule has 1 nitrogen and oxygen atoms in total. The molecule has 102 valence electrons. The Morgan fingerprint density at radius 1 is 1.17 bits per heavy atom. The summed E-state index contributed by atoms with van der Waals surface area (Å²) in [6, 6.07) is 2.51. The van der Waals surface area contributed by atoms with Crippen LogP contribution in [0, 0.1) is 0 Å². The second-order valence-corrected chi connectivity index (χ2v) is 3.90. The van der Waals surface area contributed by atoms with Crippen molar-refractivity contribution in [1.29, 1.82) is 0 Å². The minimum Gasteiger partial charge on any atom is -0.302 e. The van der Waals surface area contributed by atoms with Gasteiger partial charge in [0.1, 0.15) is 6.04 Å². The van der Waals surface area contributed by atoms with Crippen LogP contribution in [0.2, 0.25) is 0 Å². The number of hydrogen-bond acceptors (Lipinski definition) is 1. The fourth-order valence-corrected chi connectivity index (χ4v) is 1.59. The summed E-state index contributed by atoms with van der Waals surface area (Å²) in [6.45, 7) is 1.90. The van der Waals surface area contributed by atoms with E-state index in [2.05, 4.69) is 5.32 Å². The van der Waals surface area contributed by atoms with E-state index < -0.39 is 24.2 Å². The van der Waals surface area contributed by atoms with E-state index in [4.69, 9.17) is 0 Å². The van der Waals surface area contributed by atoms with Gasteiger partial charge in [-0.15, -0.1) is 0 Å². The molecular formula is C12H14F5N. The molecule has 0 amide bonds. The standard InChI is InChI=1S/C12H14F5N/c1-2-6-18-10(12(15,16)17)8-4-3-5-9(7-8)11(13)14/h3-5,7,10-11,18H,2,6H2,1H3. The van der Waals surface area contributed by atoms with Gasteiger partial charge in [0.05, 0.1) is 0 Å². The summed E-state index contributed by atoms with van der Waals surface area (Å²) in [5.74, 6) is 0. The molecular weight excluding hydrogens is 253 g/mol. The first-order valence-corrected chi connectivity index (χ1v) is 5.54. The van der Waals surface area contributed by atoms with Crippen molar-refractivity contribution in [1.82, 2.24) is 5.32 Å². The van der Waals surface area contributed by atoms with E-state index in [0.29, 0.717) is 6.42 Å². The molecule has 1 N–H and O–H groups in total. The Balaban J connectivity index is 3.01. The third kappa shape index (κ3) is 3.94. The summed E-state index contributed by atoms with van der Waals surface area (Å²) < 4.78 is 63.4. The van der Waals surface area contributed by atoms with E-state index in [-0.39, 0.29) is 12.1 Å². The Bertz CT molecular complexity index is 375. The number of rotatable bonds is 5. The van der Waals surface area contributed by atoms with Crippen LogP contribution in [-0.4, -0.2) is 12.7 Å². The van der Waals surface area contributed by atoms with E-state index in [1.165, 1.54) is 12.1 Å². The number of nitrogens with one attached hydrogen (secondary N) is 1. The first kappa shape index (κ1) is 14.9. The summed E-state index contributed by atoms with van der Waals surface area (Å²) >= 11 is 0. The summed E-state index contributed by atoms with van der Waals surface area (Å²) in [7, 11) is 0. The third-order valence-electron chi connectivity index (χ3n) is 2.42. The highest BCUT2D eigenvalue weighted by Gasteiger charge is 2.40. The molecule has 1 aromatic rings. The van der Waals surface area contributed by atoms with Gasteiger partial charge < -0.3 is 5.32 Å². The van der Waals surface area contributed by atoms with E-state index >= 15 is 0 Å². The molecule has 1 rings (SSSR count). The minimum absolute atomic E-state index is 0.170. The van der Waals surface area contributed by atoms with Crippen molar-refractivity contribution in [2.45, 2.75) is 32.0 Å². The topological polar surface area (TPSA) is 12.0 Å². The predicted octanol–water partition coefficient (Wildman–Crippen LogP) is 4.23. The Hall–Kier alpha value is -1.17. The lowest BCUT2D eigenvalue weighted by Gasteiger charge is -2.22. The minimum atomic E-state index is -4.50. The SMILES string of the molecule is CCCNC(c1cccc(C(F)F)c1)C(F)(F)F. The largest absolute Gasteiger partial charge is 0.407 e. The van der Waals surface area contributed by atoms with Crippen LogP contribution in [0.3, 0.4) is 0 Å². The van der Waals surface area contributed by atoms with Crippen molar-refractivity contribution < 1.29 is 22.0 Å². The molecule has 0 saturated carbocycles. The Morgan fingerprint density at radius 3 is 2.28 bits per heavy atom. The molecule has 1 atom stereocenters. The van der Waals surface area contributed by atoms with Gasteiger partial charge in [0.25, 0.3) is 6.43 Å². The number of benzene rings is 1. The normalized spacial score (nSPS) is 13.9. The molecule has 0 aliphatic heterocycles. The fraction of sp³-hybridized carbons (Fsp3) is 0.500. The lowest BCUT2D eigenvalue weighted by molar-refractivity contribution is -0.157. The second kappa shape index (κ2) is 6.13. The highest BCUT2D eigenvalue weighted by Crippen LogP contribution is 2.34. The lowest BCUT2D eigenvalue weighted by Crippen LogP contribution is -2.34. The molecule has 1 aromatic carbocycles. The quantitative estimate of drug-likeness (QED) is 0.787. The highest BCUT2D eigenvalue weighted by molar-refractivity contribution is 5.27. The maximum atomic E-state index is 12.8. The van der Waals surface area contributed by atoms with E-state index in [9.17, 15) is 22.0 Å². The van der Waals surface area contributed by atoms with Crippen molar-refractivity contribution in [3.8, 4) is 0 Å². The summed E-state index contributed by atoms with van der Waals surface area (Å²) in [4.78, 5) is 0. The average Bonchev–Trinajstić information content (AvgIpc) is 2.28. The summed E-state index contributed by atoms with van der Waals surface area (Å²) in [5, 5.41) is 2.32. The molecule has 0 radical (unpaired) electrons. The molecule has 18 heavy (non-hydrogen) atoms. The molecule has 1 unspecified atom stereocenters. The van der Waals surface area contributed by atoms with Crippen molar-refractivity contribution in [3.05, 3.63) is 35.4 Å². The van der Waals surface area contributed by atoms with Crippen molar-refractivity contribution in [2.24, 2.45) is 0 Å². The third-order valence-corrected chi connectivity index (χ3v) is 2.42. The Labute approximate surface area is 102 Å². The Morgan fingerprint density at radius 2 is 1.78 bits per heavy atom.